The predicted octanol–water partition coefficient (Wildman–Crippen LogP) is 4.54. The molecule has 0 bridgehead atoms. The molecule has 1 amide bonds. The van der Waals surface area contributed by atoms with Crippen LogP contribution in [0.15, 0.2) is 55.0 Å². The zero-order chi connectivity index (χ0) is 23.3. The van der Waals surface area contributed by atoms with E-state index in [-0.39, 0.29) is 5.91 Å². The topological polar surface area (TPSA) is 94.3 Å². The van der Waals surface area contributed by atoms with E-state index in [0.29, 0.717) is 40.8 Å². The van der Waals surface area contributed by atoms with Gasteiger partial charge in [0.15, 0.2) is 5.65 Å². The number of halogens is 1. The Hall–Kier alpha value is -3.52. The molecule has 1 aromatic carbocycles. The molecule has 1 N–H and O–H groups in total. The van der Waals surface area contributed by atoms with Gasteiger partial charge in [-0.25, -0.2) is 14.5 Å². The number of benzene rings is 1. The molecule has 2 aliphatic carbocycles. The fraction of sp³-hybridized carbons (Fsp3) is 0.320. The summed E-state index contributed by atoms with van der Waals surface area (Å²) < 4.78 is 7.20. The first-order valence-corrected chi connectivity index (χ1v) is 11.8. The highest BCUT2D eigenvalue weighted by Crippen LogP contribution is 2.60. The number of anilines is 1. The van der Waals surface area contributed by atoms with Crippen molar-refractivity contribution >= 4 is 28.8 Å². The normalized spacial score (nSPS) is 23.0. The number of hydrogen-bond acceptors (Lipinski definition) is 6. The number of nitrogens with one attached hydrogen (secondary N) is 1. The number of hydrogen-bond donors (Lipinski definition) is 1. The van der Waals surface area contributed by atoms with Crippen molar-refractivity contribution in [1.82, 2.24) is 24.6 Å². The first kappa shape index (κ1) is 21.0. The highest BCUT2D eigenvalue weighted by Gasteiger charge is 2.59. The van der Waals surface area contributed by atoms with E-state index in [9.17, 15) is 4.79 Å². The highest BCUT2D eigenvalue weighted by atomic mass is 35.5. The van der Waals surface area contributed by atoms with E-state index >= 15 is 0 Å². The second-order valence-corrected chi connectivity index (χ2v) is 9.41. The van der Waals surface area contributed by atoms with Crippen molar-refractivity contribution in [3.63, 3.8) is 0 Å². The summed E-state index contributed by atoms with van der Waals surface area (Å²) in [5, 5.41) is 7.95. The molecule has 3 heterocycles. The number of rotatable bonds is 6. The largest absolute Gasteiger partial charge is 0.477 e. The molecule has 2 saturated carbocycles. The second kappa shape index (κ2) is 8.06. The van der Waals surface area contributed by atoms with Crippen LogP contribution in [0.2, 0.25) is 5.15 Å². The molecule has 172 valence electrons. The summed E-state index contributed by atoms with van der Waals surface area (Å²) in [5.74, 6) is 1.59. The van der Waals surface area contributed by atoms with Crippen molar-refractivity contribution in [1.29, 1.82) is 0 Å². The standard InChI is InChI=1S/C25H23ClN6O2/c1-2-34-23-14-27-13-19(30-23)15-3-5-18(6-4-15)29-24(33)25(11-16-9-17(16)12-25)20-10-21(26)31-22-7-8-28-32(20)22/h3-8,10,13-14,16-17H,2,9,11-12H2,1H3,(H,29,33). The Labute approximate surface area is 201 Å². The fourth-order valence-corrected chi connectivity index (χ4v) is 5.39. The summed E-state index contributed by atoms with van der Waals surface area (Å²) in [6.07, 6.45) is 7.74. The number of fused-ring (bicyclic) bond motifs is 2. The third kappa shape index (κ3) is 3.58. The Bertz CT molecular complexity index is 1380. The maximum absolute atomic E-state index is 13.8. The Morgan fingerprint density at radius 1 is 1.18 bits per heavy atom. The van der Waals surface area contributed by atoms with Crippen molar-refractivity contribution in [2.45, 2.75) is 31.6 Å². The van der Waals surface area contributed by atoms with Crippen molar-refractivity contribution in [3.8, 4) is 17.1 Å². The average Bonchev–Trinajstić information content (AvgIpc) is 3.22. The number of nitrogens with zero attached hydrogens (tertiary/aromatic N) is 5. The lowest BCUT2D eigenvalue weighted by atomic mass is 9.78. The van der Waals surface area contributed by atoms with Crippen LogP contribution in [0, 0.1) is 11.8 Å². The molecule has 0 radical (unpaired) electrons. The van der Waals surface area contributed by atoms with Gasteiger partial charge in [0.2, 0.25) is 11.8 Å². The van der Waals surface area contributed by atoms with Gasteiger partial charge in [-0.2, -0.15) is 5.10 Å². The molecule has 2 aliphatic rings. The molecule has 3 aromatic heterocycles. The van der Waals surface area contributed by atoms with Crippen molar-refractivity contribution in [2.24, 2.45) is 11.8 Å². The molecular formula is C25H23ClN6O2. The predicted molar refractivity (Wildman–Crippen MR) is 128 cm³/mol. The van der Waals surface area contributed by atoms with Crippen molar-refractivity contribution in [3.05, 3.63) is 65.8 Å². The number of carbonyl (C=O) groups excluding carboxylic acids is 1. The third-order valence-electron chi connectivity index (χ3n) is 6.89. The molecule has 4 aromatic rings. The zero-order valence-electron chi connectivity index (χ0n) is 18.6. The maximum Gasteiger partial charge on any atom is 0.236 e. The quantitative estimate of drug-likeness (QED) is 0.412. The van der Waals surface area contributed by atoms with Gasteiger partial charge >= 0.3 is 0 Å². The molecule has 9 heteroatoms. The molecule has 0 aliphatic heterocycles. The molecule has 0 saturated heterocycles. The van der Waals surface area contributed by atoms with E-state index in [4.69, 9.17) is 16.3 Å². The Morgan fingerprint density at radius 2 is 1.97 bits per heavy atom. The Balaban J connectivity index is 1.29. The van der Waals surface area contributed by atoms with Crippen LogP contribution in [0.1, 0.15) is 31.9 Å². The van der Waals surface area contributed by atoms with Gasteiger partial charge in [0, 0.05) is 17.3 Å². The van der Waals surface area contributed by atoms with Crippen molar-refractivity contribution in [2.75, 3.05) is 11.9 Å². The zero-order valence-corrected chi connectivity index (χ0v) is 19.4. The van der Waals surface area contributed by atoms with E-state index < -0.39 is 5.41 Å². The summed E-state index contributed by atoms with van der Waals surface area (Å²) in [6.45, 7) is 2.43. The van der Waals surface area contributed by atoms with E-state index in [0.717, 1.165) is 29.8 Å². The first-order chi connectivity index (χ1) is 16.6. The highest BCUT2D eigenvalue weighted by molar-refractivity contribution is 6.29. The Kier molecular flexibility index (Phi) is 4.99. The number of aromatic nitrogens is 5. The molecule has 2 fully saturated rings. The van der Waals surface area contributed by atoms with E-state index in [1.54, 1.807) is 35.2 Å². The average molecular weight is 475 g/mol. The smallest absolute Gasteiger partial charge is 0.236 e. The van der Waals surface area contributed by atoms with Crippen LogP contribution < -0.4 is 10.1 Å². The minimum atomic E-state index is -0.694. The monoisotopic (exact) mass is 474 g/mol. The van der Waals surface area contributed by atoms with Crippen molar-refractivity contribution < 1.29 is 9.53 Å². The number of ether oxygens (including phenoxy) is 1. The van der Waals surface area contributed by atoms with Crippen LogP contribution in [0.25, 0.3) is 16.9 Å². The van der Waals surface area contributed by atoms with Gasteiger partial charge in [0.1, 0.15) is 5.15 Å². The maximum atomic E-state index is 13.8. The van der Waals surface area contributed by atoms with Gasteiger partial charge in [0.25, 0.3) is 0 Å². The van der Waals surface area contributed by atoms with Gasteiger partial charge in [-0.05, 0) is 56.2 Å². The van der Waals surface area contributed by atoms with Crippen LogP contribution >= 0.6 is 11.6 Å². The first-order valence-electron chi connectivity index (χ1n) is 11.4. The summed E-state index contributed by atoms with van der Waals surface area (Å²) >= 11 is 6.34. The van der Waals surface area contributed by atoms with Gasteiger partial charge < -0.3 is 10.1 Å². The van der Waals surface area contributed by atoms with E-state index in [1.165, 1.54) is 6.42 Å². The van der Waals surface area contributed by atoms with Gasteiger partial charge in [-0.3, -0.25) is 9.78 Å². The van der Waals surface area contributed by atoms with Gasteiger partial charge in [0.05, 0.1) is 42.0 Å². The molecule has 6 rings (SSSR count). The lowest BCUT2D eigenvalue weighted by Crippen LogP contribution is -2.41. The fourth-order valence-electron chi connectivity index (χ4n) is 5.20. The molecular weight excluding hydrogens is 452 g/mol. The number of amides is 1. The van der Waals surface area contributed by atoms with Crippen LogP contribution in [0.3, 0.4) is 0 Å². The molecule has 8 nitrogen and oxygen atoms in total. The third-order valence-corrected chi connectivity index (χ3v) is 7.08. The lowest BCUT2D eigenvalue weighted by Gasteiger charge is -2.30. The minimum Gasteiger partial charge on any atom is -0.477 e. The van der Waals surface area contributed by atoms with Crippen LogP contribution in [0.5, 0.6) is 5.88 Å². The Morgan fingerprint density at radius 3 is 2.74 bits per heavy atom. The summed E-state index contributed by atoms with van der Waals surface area (Å²) in [6, 6.07) is 11.2. The van der Waals surface area contributed by atoms with Crippen LogP contribution in [0.4, 0.5) is 5.69 Å². The molecule has 34 heavy (non-hydrogen) atoms. The summed E-state index contributed by atoms with van der Waals surface area (Å²) in [5.41, 5.74) is 3.08. The van der Waals surface area contributed by atoms with Crippen LogP contribution in [-0.4, -0.2) is 37.1 Å². The molecule has 2 atom stereocenters. The second-order valence-electron chi connectivity index (χ2n) is 9.02. The molecule has 0 spiro atoms. The van der Waals surface area contributed by atoms with Gasteiger partial charge in [-0.1, -0.05) is 23.7 Å². The van der Waals surface area contributed by atoms with E-state index in [2.05, 4.69) is 25.4 Å². The SMILES string of the molecule is CCOc1cncc(-c2ccc(NC(=O)C3(c4cc(Cl)nc5ccnn45)CC4CC4C3)cc2)n1. The summed E-state index contributed by atoms with van der Waals surface area (Å²) in [7, 11) is 0. The van der Waals surface area contributed by atoms with Gasteiger partial charge in [-0.15, -0.1) is 0 Å². The summed E-state index contributed by atoms with van der Waals surface area (Å²) in [4.78, 5) is 26.8. The minimum absolute atomic E-state index is 0.0374. The van der Waals surface area contributed by atoms with Crippen LogP contribution in [-0.2, 0) is 10.2 Å². The number of carbonyl (C=O) groups is 1. The van der Waals surface area contributed by atoms with E-state index in [1.807, 2.05) is 31.2 Å². The molecule has 2 unspecified atom stereocenters. The lowest BCUT2D eigenvalue weighted by molar-refractivity contribution is -0.122.